The number of thiazole rings is 1. The number of amides is 2. The van der Waals surface area contributed by atoms with E-state index in [9.17, 15) is 18.8 Å². The molecule has 260 valence electrons. The molecule has 1 saturated heterocycles. The van der Waals surface area contributed by atoms with Gasteiger partial charge in [0.05, 0.1) is 28.2 Å². The van der Waals surface area contributed by atoms with Crippen molar-refractivity contribution in [3.05, 3.63) is 101 Å². The summed E-state index contributed by atoms with van der Waals surface area (Å²) in [6, 6.07) is 20.0. The van der Waals surface area contributed by atoms with Crippen LogP contribution in [0.5, 0.6) is 10.9 Å². The Morgan fingerprint density at radius 1 is 1.06 bits per heavy atom. The van der Waals surface area contributed by atoms with Crippen LogP contribution < -0.4 is 15.1 Å². The van der Waals surface area contributed by atoms with Crippen LogP contribution in [0.1, 0.15) is 56.9 Å². The quantitative estimate of drug-likeness (QED) is 0.154. The molecule has 0 unspecified atom stereocenters. The van der Waals surface area contributed by atoms with Crippen molar-refractivity contribution in [2.24, 2.45) is 17.3 Å². The summed E-state index contributed by atoms with van der Waals surface area (Å²) < 4.78 is 21.4. The van der Waals surface area contributed by atoms with Crippen LogP contribution >= 0.6 is 22.9 Å². The van der Waals surface area contributed by atoms with Crippen molar-refractivity contribution in [1.82, 2.24) is 15.4 Å². The Labute approximate surface area is 299 Å². The third-order valence-electron chi connectivity index (χ3n) is 10.1. The minimum atomic E-state index is -0.983. The number of ketones is 1. The molecule has 1 N–H and O–H groups in total. The molecule has 2 aliphatic heterocycles. The second kappa shape index (κ2) is 14.9. The Bertz CT molecular complexity index is 1900. The molecule has 1 aromatic heterocycles. The predicted molar refractivity (Wildman–Crippen MR) is 190 cm³/mol. The first kappa shape index (κ1) is 34.2. The van der Waals surface area contributed by atoms with E-state index in [-0.39, 0.29) is 48.7 Å². The SMILES string of the molecule is O=C1C[C@]2(C(=O)NOc3ccccc3)C[C@@H]2/C=C\CCCCC[C@H](Cc2cccc(F)c2)C(=O)N2C[C@H](Oc3nc4ccc(Cl)cc4s3)C[C@@H]12. The number of aromatic nitrogens is 1. The molecule has 7 rings (SSSR count). The minimum Gasteiger partial charge on any atom is -0.465 e. The number of hydrogen-bond acceptors (Lipinski definition) is 7. The topological polar surface area (TPSA) is 97.8 Å². The summed E-state index contributed by atoms with van der Waals surface area (Å²) >= 11 is 7.56. The van der Waals surface area contributed by atoms with Crippen molar-refractivity contribution in [2.45, 2.75) is 69.9 Å². The number of hydrogen-bond donors (Lipinski definition) is 1. The van der Waals surface area contributed by atoms with Gasteiger partial charge in [-0.05, 0) is 86.1 Å². The van der Waals surface area contributed by atoms with Gasteiger partial charge in [-0.1, -0.05) is 78.3 Å². The van der Waals surface area contributed by atoms with Gasteiger partial charge in [-0.15, -0.1) is 0 Å². The van der Waals surface area contributed by atoms with Crippen LogP contribution in [-0.2, 0) is 20.8 Å². The van der Waals surface area contributed by atoms with Crippen LogP contribution in [0.25, 0.3) is 10.2 Å². The van der Waals surface area contributed by atoms with Crippen LogP contribution in [-0.4, -0.2) is 46.2 Å². The number of rotatable bonds is 7. The first-order chi connectivity index (χ1) is 24.3. The lowest BCUT2D eigenvalue weighted by Gasteiger charge is -2.29. The lowest BCUT2D eigenvalue weighted by Crippen LogP contribution is -2.46. The molecule has 2 fully saturated rings. The fourth-order valence-corrected chi connectivity index (χ4v) is 8.50. The number of carbonyl (C=O) groups excluding carboxylic acids is 3. The maximum absolute atomic E-state index is 14.5. The van der Waals surface area contributed by atoms with Crippen LogP contribution in [0.2, 0.25) is 5.02 Å². The van der Waals surface area contributed by atoms with Gasteiger partial charge in [-0.25, -0.2) is 9.37 Å². The van der Waals surface area contributed by atoms with E-state index in [1.54, 1.807) is 29.2 Å². The Morgan fingerprint density at radius 3 is 2.76 bits per heavy atom. The molecule has 8 nitrogen and oxygen atoms in total. The molecular weight excluding hydrogens is 677 g/mol. The number of nitrogens with one attached hydrogen (secondary N) is 1. The van der Waals surface area contributed by atoms with Crippen LogP contribution in [0.3, 0.4) is 0 Å². The van der Waals surface area contributed by atoms with E-state index in [2.05, 4.69) is 22.6 Å². The molecule has 3 heterocycles. The lowest BCUT2D eigenvalue weighted by molar-refractivity contribution is -0.143. The molecule has 3 aromatic carbocycles. The van der Waals surface area contributed by atoms with E-state index in [1.807, 2.05) is 36.4 Å². The third kappa shape index (κ3) is 7.71. The van der Waals surface area contributed by atoms with E-state index in [4.69, 9.17) is 21.2 Å². The van der Waals surface area contributed by atoms with E-state index >= 15 is 0 Å². The summed E-state index contributed by atoms with van der Waals surface area (Å²) in [5.41, 5.74) is 3.11. The van der Waals surface area contributed by atoms with Gasteiger partial charge in [0, 0.05) is 23.8 Å². The second-order valence-electron chi connectivity index (χ2n) is 13.6. The summed E-state index contributed by atoms with van der Waals surface area (Å²) in [6.07, 6.45) is 8.94. The number of fused-ring (bicyclic) bond motifs is 3. The fourth-order valence-electron chi connectivity index (χ4n) is 7.34. The number of Topliss-reactive ketones (excluding diaryl/α,β-unsaturated/α-hetero) is 1. The average molecular weight is 716 g/mol. The van der Waals surface area contributed by atoms with Crippen molar-refractivity contribution in [1.29, 1.82) is 0 Å². The molecule has 0 bridgehead atoms. The summed E-state index contributed by atoms with van der Waals surface area (Å²) in [6.45, 7) is 0.200. The first-order valence-electron chi connectivity index (χ1n) is 17.3. The molecule has 2 amide bonds. The second-order valence-corrected chi connectivity index (χ2v) is 15.1. The highest BCUT2D eigenvalue weighted by molar-refractivity contribution is 7.20. The maximum atomic E-state index is 14.5. The van der Waals surface area contributed by atoms with Crippen LogP contribution in [0.15, 0.2) is 84.9 Å². The van der Waals surface area contributed by atoms with Crippen molar-refractivity contribution in [3.8, 4) is 10.9 Å². The molecule has 1 saturated carbocycles. The van der Waals surface area contributed by atoms with Gasteiger partial charge >= 0.3 is 0 Å². The molecule has 1 aliphatic carbocycles. The summed E-state index contributed by atoms with van der Waals surface area (Å²) in [5.74, 6) is -1.12. The number of benzene rings is 3. The highest BCUT2D eigenvalue weighted by Gasteiger charge is 2.61. The standard InChI is InChI=1S/C39H39ClFN3O5S/c40-28-16-17-32-35(20-28)50-38(42-32)48-31-21-33-34(45)23-39(37(47)43-49-30-14-7-4-8-15-30)22-27(39)12-6-3-1-2-5-11-26(36(46)44(33)24-31)18-25-10-9-13-29(41)19-25/h4,6-10,12-17,19-20,26-27,31,33H,1-3,5,11,18,21-24H2,(H,43,47)/b12-6-/t26-,27+,31-,33+,39-/m1/s1. The molecule has 50 heavy (non-hydrogen) atoms. The van der Waals surface area contributed by atoms with Crippen molar-refractivity contribution in [3.63, 3.8) is 0 Å². The fraction of sp³-hybridized carbons (Fsp3) is 0.385. The summed E-state index contributed by atoms with van der Waals surface area (Å²) in [5, 5.41) is 1.04. The Balaban J connectivity index is 1.16. The van der Waals surface area contributed by atoms with Gasteiger partial charge in [0.15, 0.2) is 11.5 Å². The number of nitrogens with zero attached hydrogens (tertiary/aromatic N) is 2. The summed E-state index contributed by atoms with van der Waals surface area (Å²) in [4.78, 5) is 54.6. The third-order valence-corrected chi connectivity index (χ3v) is 11.3. The number of ether oxygens (including phenoxy) is 1. The molecule has 0 radical (unpaired) electrons. The zero-order valence-corrected chi connectivity index (χ0v) is 29.1. The molecular formula is C39H39ClFN3O5S. The highest BCUT2D eigenvalue weighted by atomic mass is 35.5. The van der Waals surface area contributed by atoms with E-state index in [0.29, 0.717) is 35.2 Å². The van der Waals surface area contributed by atoms with Crippen LogP contribution in [0, 0.1) is 23.1 Å². The van der Waals surface area contributed by atoms with Crippen LogP contribution in [0.4, 0.5) is 4.39 Å². The van der Waals surface area contributed by atoms with Crippen molar-refractivity contribution in [2.75, 3.05) is 6.54 Å². The normalized spacial score (nSPS) is 26.3. The number of halogens is 2. The Kier molecular flexibility index (Phi) is 10.2. The highest BCUT2D eigenvalue weighted by Crippen LogP contribution is 2.57. The van der Waals surface area contributed by atoms with E-state index in [1.165, 1.54) is 23.5 Å². The molecule has 4 aromatic rings. The minimum absolute atomic E-state index is 0.0403. The Morgan fingerprint density at radius 2 is 1.92 bits per heavy atom. The van der Waals surface area contributed by atoms with Gasteiger partial charge in [-0.3, -0.25) is 14.4 Å². The number of para-hydroxylation sites is 1. The molecule has 11 heteroatoms. The van der Waals surface area contributed by atoms with Crippen molar-refractivity contribution >= 4 is 50.8 Å². The molecule has 5 atom stereocenters. The summed E-state index contributed by atoms with van der Waals surface area (Å²) in [7, 11) is 0. The zero-order chi connectivity index (χ0) is 34.7. The maximum Gasteiger partial charge on any atom is 0.274 e. The number of carbonyl (C=O) groups is 3. The first-order valence-corrected chi connectivity index (χ1v) is 18.5. The molecule has 0 spiro atoms. The molecule has 3 aliphatic rings. The van der Waals surface area contributed by atoms with Gasteiger partial charge in [0.25, 0.3) is 11.1 Å². The number of allylic oxidation sites excluding steroid dienone is 2. The van der Waals surface area contributed by atoms with E-state index < -0.39 is 23.5 Å². The lowest BCUT2D eigenvalue weighted by atomic mass is 9.90. The largest absolute Gasteiger partial charge is 0.465 e. The van der Waals surface area contributed by atoms with Gasteiger partial charge in [0.2, 0.25) is 5.91 Å². The zero-order valence-electron chi connectivity index (χ0n) is 27.6. The van der Waals surface area contributed by atoms with Gasteiger partial charge < -0.3 is 14.5 Å². The average Bonchev–Trinajstić information content (AvgIpc) is 3.40. The Hall–Kier alpha value is -4.28. The van der Waals surface area contributed by atoms with Gasteiger partial charge in [0.1, 0.15) is 11.9 Å². The monoisotopic (exact) mass is 715 g/mol. The predicted octanol–water partition coefficient (Wildman–Crippen LogP) is 7.89. The number of hydroxylamine groups is 1. The van der Waals surface area contributed by atoms with E-state index in [0.717, 1.165) is 41.5 Å². The smallest absolute Gasteiger partial charge is 0.274 e. The van der Waals surface area contributed by atoms with Gasteiger partial charge in [-0.2, -0.15) is 5.48 Å². The van der Waals surface area contributed by atoms with Crippen molar-refractivity contribution < 1.29 is 28.3 Å².